The quantitative estimate of drug-likeness (QED) is 0.683. The van der Waals surface area contributed by atoms with Crippen LogP contribution in [0.25, 0.3) is 0 Å². The number of nitro groups is 1. The summed E-state index contributed by atoms with van der Waals surface area (Å²) in [4.78, 5) is 10.4. The van der Waals surface area contributed by atoms with Gasteiger partial charge in [-0.2, -0.15) is 0 Å². The molecule has 114 valence electrons. The number of piperidine rings is 1. The largest absolute Gasteiger partial charge is 0.488 e. The Labute approximate surface area is 123 Å². The SMILES string of the molecule is Cc1cc([N+](=O)[O-])ccc1OC1COC2(CCNCC2)C1. The van der Waals surface area contributed by atoms with Gasteiger partial charge in [-0.15, -0.1) is 0 Å². The van der Waals surface area contributed by atoms with E-state index in [0.29, 0.717) is 12.4 Å². The first-order chi connectivity index (χ1) is 10.1. The molecule has 0 aromatic heterocycles. The van der Waals surface area contributed by atoms with Crippen LogP contribution < -0.4 is 10.1 Å². The highest BCUT2D eigenvalue weighted by Gasteiger charge is 2.42. The molecule has 1 spiro atoms. The summed E-state index contributed by atoms with van der Waals surface area (Å²) in [7, 11) is 0. The maximum absolute atomic E-state index is 10.8. The summed E-state index contributed by atoms with van der Waals surface area (Å²) in [5.41, 5.74) is 0.845. The molecule has 1 atom stereocenters. The molecule has 0 aliphatic carbocycles. The third-order valence-corrected chi connectivity index (χ3v) is 4.35. The summed E-state index contributed by atoms with van der Waals surface area (Å²) in [6.07, 6.45) is 2.96. The van der Waals surface area contributed by atoms with Gasteiger partial charge >= 0.3 is 0 Å². The maximum atomic E-state index is 10.8. The van der Waals surface area contributed by atoms with Crippen LogP contribution in [0.4, 0.5) is 5.69 Å². The van der Waals surface area contributed by atoms with E-state index >= 15 is 0 Å². The number of nitrogens with one attached hydrogen (secondary N) is 1. The molecule has 2 aliphatic heterocycles. The van der Waals surface area contributed by atoms with Gasteiger partial charge < -0.3 is 14.8 Å². The Hall–Kier alpha value is -1.66. The fraction of sp³-hybridized carbons (Fsp3) is 0.600. The Morgan fingerprint density at radius 3 is 2.86 bits per heavy atom. The molecule has 3 rings (SSSR count). The fourth-order valence-electron chi connectivity index (χ4n) is 3.17. The van der Waals surface area contributed by atoms with E-state index in [4.69, 9.17) is 9.47 Å². The third-order valence-electron chi connectivity index (χ3n) is 4.35. The van der Waals surface area contributed by atoms with E-state index in [9.17, 15) is 10.1 Å². The maximum Gasteiger partial charge on any atom is 0.269 e. The molecule has 6 nitrogen and oxygen atoms in total. The topological polar surface area (TPSA) is 73.6 Å². The predicted octanol–water partition coefficient (Wildman–Crippen LogP) is 2.19. The van der Waals surface area contributed by atoms with Crippen molar-refractivity contribution < 1.29 is 14.4 Å². The molecule has 2 fully saturated rings. The Morgan fingerprint density at radius 1 is 1.43 bits per heavy atom. The van der Waals surface area contributed by atoms with Crippen molar-refractivity contribution in [3.05, 3.63) is 33.9 Å². The lowest BCUT2D eigenvalue weighted by Gasteiger charge is -2.32. The number of non-ortho nitro benzene ring substituents is 1. The van der Waals surface area contributed by atoms with Gasteiger partial charge in [0.25, 0.3) is 5.69 Å². The van der Waals surface area contributed by atoms with Crippen molar-refractivity contribution in [3.8, 4) is 5.75 Å². The summed E-state index contributed by atoms with van der Waals surface area (Å²) < 4.78 is 12.0. The molecule has 0 bridgehead atoms. The van der Waals surface area contributed by atoms with E-state index < -0.39 is 0 Å². The van der Waals surface area contributed by atoms with Crippen molar-refractivity contribution in [2.24, 2.45) is 0 Å². The van der Waals surface area contributed by atoms with Crippen LogP contribution in [0.5, 0.6) is 5.75 Å². The molecule has 1 aromatic rings. The number of hydrogen-bond donors (Lipinski definition) is 1. The van der Waals surface area contributed by atoms with Crippen LogP contribution in [-0.4, -0.2) is 36.3 Å². The second-order valence-corrected chi connectivity index (χ2v) is 5.89. The van der Waals surface area contributed by atoms with E-state index in [-0.39, 0.29) is 22.3 Å². The molecular weight excluding hydrogens is 272 g/mol. The number of nitrogens with zero attached hydrogens (tertiary/aromatic N) is 1. The van der Waals surface area contributed by atoms with Crippen molar-refractivity contribution in [2.75, 3.05) is 19.7 Å². The number of benzene rings is 1. The van der Waals surface area contributed by atoms with Crippen LogP contribution in [0, 0.1) is 17.0 Å². The first-order valence-corrected chi connectivity index (χ1v) is 7.34. The molecule has 2 saturated heterocycles. The smallest absolute Gasteiger partial charge is 0.269 e. The molecule has 2 aliphatic rings. The summed E-state index contributed by atoms with van der Waals surface area (Å²) >= 11 is 0. The van der Waals surface area contributed by atoms with Gasteiger partial charge in [-0.1, -0.05) is 0 Å². The molecule has 0 radical (unpaired) electrons. The highest BCUT2D eigenvalue weighted by atomic mass is 16.6. The number of rotatable bonds is 3. The number of nitro benzene ring substituents is 1. The second-order valence-electron chi connectivity index (χ2n) is 5.89. The molecule has 0 amide bonds. The number of aryl methyl sites for hydroxylation is 1. The van der Waals surface area contributed by atoms with E-state index in [2.05, 4.69) is 5.32 Å². The Balaban J connectivity index is 1.66. The summed E-state index contributed by atoms with van der Waals surface area (Å²) in [5, 5.41) is 14.1. The van der Waals surface area contributed by atoms with Gasteiger partial charge in [0.2, 0.25) is 0 Å². The van der Waals surface area contributed by atoms with Crippen LogP contribution in [0.15, 0.2) is 18.2 Å². The van der Waals surface area contributed by atoms with E-state index in [1.807, 2.05) is 6.92 Å². The molecule has 1 N–H and O–H groups in total. The van der Waals surface area contributed by atoms with Crippen LogP contribution in [0.1, 0.15) is 24.8 Å². The first-order valence-electron chi connectivity index (χ1n) is 7.34. The van der Waals surface area contributed by atoms with Gasteiger partial charge in [0.15, 0.2) is 0 Å². The summed E-state index contributed by atoms with van der Waals surface area (Å²) in [5.74, 6) is 0.709. The van der Waals surface area contributed by atoms with Crippen molar-refractivity contribution in [3.63, 3.8) is 0 Å². The third kappa shape index (κ3) is 3.01. The zero-order valence-electron chi connectivity index (χ0n) is 12.1. The van der Waals surface area contributed by atoms with Crippen molar-refractivity contribution in [1.29, 1.82) is 0 Å². The van der Waals surface area contributed by atoms with Gasteiger partial charge in [-0.25, -0.2) is 0 Å². The van der Waals surface area contributed by atoms with E-state index in [1.165, 1.54) is 6.07 Å². The minimum Gasteiger partial charge on any atom is -0.488 e. The summed E-state index contributed by atoms with van der Waals surface area (Å²) in [6.45, 7) is 4.40. The molecule has 2 heterocycles. The molecule has 1 unspecified atom stereocenters. The van der Waals surface area contributed by atoms with E-state index in [1.54, 1.807) is 12.1 Å². The Bertz CT molecular complexity index is 540. The van der Waals surface area contributed by atoms with Gasteiger partial charge in [0.05, 0.1) is 17.1 Å². The van der Waals surface area contributed by atoms with Gasteiger partial charge in [0, 0.05) is 18.6 Å². The van der Waals surface area contributed by atoms with Crippen molar-refractivity contribution >= 4 is 5.69 Å². The van der Waals surface area contributed by atoms with Crippen LogP contribution in [0.3, 0.4) is 0 Å². The van der Waals surface area contributed by atoms with Gasteiger partial charge in [-0.3, -0.25) is 10.1 Å². The standard InChI is InChI=1S/C15H20N2O4/c1-11-8-12(17(18)19)2-3-14(11)21-13-9-15(20-10-13)4-6-16-7-5-15/h2-3,8,13,16H,4-7,9-10H2,1H3. The molecule has 0 saturated carbocycles. The number of hydrogen-bond acceptors (Lipinski definition) is 5. The zero-order chi connectivity index (χ0) is 14.9. The van der Waals surface area contributed by atoms with Crippen LogP contribution in [0.2, 0.25) is 0 Å². The highest BCUT2D eigenvalue weighted by molar-refractivity contribution is 5.43. The molecule has 21 heavy (non-hydrogen) atoms. The van der Waals surface area contributed by atoms with Crippen molar-refractivity contribution in [1.82, 2.24) is 5.32 Å². The lowest BCUT2D eigenvalue weighted by molar-refractivity contribution is -0.384. The average Bonchev–Trinajstić information content (AvgIpc) is 2.84. The van der Waals surface area contributed by atoms with E-state index in [0.717, 1.165) is 37.9 Å². The number of ether oxygens (including phenoxy) is 2. The Kier molecular flexibility index (Phi) is 3.82. The first kappa shape index (κ1) is 14.3. The highest BCUT2D eigenvalue weighted by Crippen LogP contribution is 2.36. The minimum atomic E-state index is -0.389. The van der Waals surface area contributed by atoms with Crippen LogP contribution >= 0.6 is 0 Å². The lowest BCUT2D eigenvalue weighted by atomic mass is 9.89. The Morgan fingerprint density at radius 2 is 2.19 bits per heavy atom. The molecular formula is C15H20N2O4. The predicted molar refractivity (Wildman–Crippen MR) is 77.7 cm³/mol. The van der Waals surface area contributed by atoms with Gasteiger partial charge in [0.1, 0.15) is 11.9 Å². The fourth-order valence-corrected chi connectivity index (χ4v) is 3.17. The lowest BCUT2D eigenvalue weighted by Crippen LogP contribution is -2.41. The van der Waals surface area contributed by atoms with Crippen molar-refractivity contribution in [2.45, 2.75) is 37.9 Å². The summed E-state index contributed by atoms with van der Waals surface area (Å²) in [6, 6.07) is 4.71. The average molecular weight is 292 g/mol. The molecule has 1 aromatic carbocycles. The van der Waals surface area contributed by atoms with Crippen LogP contribution in [-0.2, 0) is 4.74 Å². The second kappa shape index (κ2) is 5.61. The molecule has 6 heteroatoms. The monoisotopic (exact) mass is 292 g/mol. The minimum absolute atomic E-state index is 0.0308. The normalized spacial score (nSPS) is 24.1. The zero-order valence-corrected chi connectivity index (χ0v) is 12.1. The van der Waals surface area contributed by atoms with Gasteiger partial charge in [-0.05, 0) is 44.5 Å².